The van der Waals surface area contributed by atoms with E-state index >= 15 is 0 Å². The molecule has 0 amide bonds. The molecule has 1 rings (SSSR count). The monoisotopic (exact) mass is 201 g/mol. The summed E-state index contributed by atoms with van der Waals surface area (Å²) in [5.74, 6) is -0.231. The van der Waals surface area contributed by atoms with Crippen molar-refractivity contribution >= 4 is 5.97 Å². The molecule has 4 heteroatoms. The maximum Gasteiger partial charge on any atom is 0.325 e. The number of esters is 1. The van der Waals surface area contributed by atoms with Crippen molar-refractivity contribution in [2.75, 3.05) is 13.7 Å². The van der Waals surface area contributed by atoms with Crippen molar-refractivity contribution < 1.29 is 14.3 Å². The standard InChI is InChI=1S/C10H19NO3/c1-4-11-9(10(12)13-3)8-6-5-7(2)14-8/h7-9,11H,4-6H2,1-3H3. The highest BCUT2D eigenvalue weighted by atomic mass is 16.5. The van der Waals surface area contributed by atoms with E-state index in [0.29, 0.717) is 0 Å². The number of carbonyl (C=O) groups is 1. The summed E-state index contributed by atoms with van der Waals surface area (Å²) in [6, 6.07) is -0.310. The van der Waals surface area contributed by atoms with E-state index in [1.807, 2.05) is 13.8 Å². The van der Waals surface area contributed by atoms with Crippen LogP contribution in [-0.4, -0.2) is 37.9 Å². The number of hydrogen-bond donors (Lipinski definition) is 1. The molecule has 4 nitrogen and oxygen atoms in total. The largest absolute Gasteiger partial charge is 0.468 e. The third kappa shape index (κ3) is 2.69. The zero-order chi connectivity index (χ0) is 10.6. The Labute approximate surface area is 85.0 Å². The van der Waals surface area contributed by atoms with Crippen molar-refractivity contribution in [2.45, 2.75) is 44.9 Å². The number of hydrogen-bond acceptors (Lipinski definition) is 4. The summed E-state index contributed by atoms with van der Waals surface area (Å²) in [4.78, 5) is 11.4. The van der Waals surface area contributed by atoms with Gasteiger partial charge in [-0.1, -0.05) is 6.92 Å². The number of methoxy groups -OCH3 is 1. The summed E-state index contributed by atoms with van der Waals surface area (Å²) in [6.07, 6.45) is 2.17. The molecular formula is C10H19NO3. The number of likely N-dealkylation sites (N-methyl/N-ethyl adjacent to an activating group) is 1. The fourth-order valence-corrected chi connectivity index (χ4v) is 1.79. The second kappa shape index (κ2) is 5.32. The predicted octanol–water partition coefficient (Wildman–Crippen LogP) is 0.705. The first-order chi connectivity index (χ1) is 6.69. The molecule has 0 aliphatic carbocycles. The van der Waals surface area contributed by atoms with E-state index in [-0.39, 0.29) is 24.2 Å². The summed E-state index contributed by atoms with van der Waals surface area (Å²) in [6.45, 7) is 4.74. The van der Waals surface area contributed by atoms with Crippen molar-refractivity contribution in [3.63, 3.8) is 0 Å². The van der Waals surface area contributed by atoms with Gasteiger partial charge in [0.2, 0.25) is 0 Å². The highest BCUT2D eigenvalue weighted by Gasteiger charge is 2.34. The van der Waals surface area contributed by atoms with Gasteiger partial charge < -0.3 is 14.8 Å². The number of nitrogens with one attached hydrogen (secondary N) is 1. The average molecular weight is 201 g/mol. The zero-order valence-corrected chi connectivity index (χ0v) is 9.08. The van der Waals surface area contributed by atoms with E-state index in [1.54, 1.807) is 0 Å². The van der Waals surface area contributed by atoms with E-state index in [9.17, 15) is 4.79 Å². The van der Waals surface area contributed by atoms with Gasteiger partial charge in [-0.3, -0.25) is 4.79 Å². The molecule has 0 radical (unpaired) electrons. The van der Waals surface area contributed by atoms with Gasteiger partial charge in [-0.15, -0.1) is 0 Å². The SMILES string of the molecule is CCNC(C(=O)OC)C1CCC(C)O1. The molecule has 1 aliphatic rings. The molecule has 0 bridgehead atoms. The van der Waals surface area contributed by atoms with Crippen molar-refractivity contribution in [1.82, 2.24) is 5.32 Å². The van der Waals surface area contributed by atoms with Crippen LogP contribution in [0.25, 0.3) is 0 Å². The molecule has 1 heterocycles. The third-order valence-electron chi connectivity index (χ3n) is 2.52. The second-order valence-electron chi connectivity index (χ2n) is 3.62. The minimum absolute atomic E-state index is 0.0302. The first-order valence-electron chi connectivity index (χ1n) is 5.15. The maximum atomic E-state index is 11.4. The van der Waals surface area contributed by atoms with Crippen LogP contribution in [0.2, 0.25) is 0 Å². The van der Waals surface area contributed by atoms with Crippen molar-refractivity contribution in [2.24, 2.45) is 0 Å². The Balaban J connectivity index is 2.53. The second-order valence-corrected chi connectivity index (χ2v) is 3.62. The molecule has 0 aromatic heterocycles. The van der Waals surface area contributed by atoms with E-state index in [1.165, 1.54) is 7.11 Å². The molecule has 3 unspecified atom stereocenters. The minimum Gasteiger partial charge on any atom is -0.468 e. The van der Waals surface area contributed by atoms with Gasteiger partial charge in [-0.2, -0.15) is 0 Å². The molecule has 0 aromatic rings. The summed E-state index contributed by atoms with van der Waals surface area (Å²) in [5.41, 5.74) is 0. The lowest BCUT2D eigenvalue weighted by molar-refractivity contribution is -0.147. The minimum atomic E-state index is -0.310. The van der Waals surface area contributed by atoms with Crippen molar-refractivity contribution in [1.29, 1.82) is 0 Å². The first-order valence-corrected chi connectivity index (χ1v) is 5.15. The Morgan fingerprint density at radius 1 is 1.64 bits per heavy atom. The molecular weight excluding hydrogens is 182 g/mol. The molecule has 3 atom stereocenters. The van der Waals surface area contributed by atoms with Gasteiger partial charge in [0.25, 0.3) is 0 Å². The smallest absolute Gasteiger partial charge is 0.325 e. The van der Waals surface area contributed by atoms with Gasteiger partial charge in [-0.05, 0) is 26.3 Å². The van der Waals surface area contributed by atoms with Gasteiger partial charge in [0.15, 0.2) is 0 Å². The van der Waals surface area contributed by atoms with Gasteiger partial charge in [0.05, 0.1) is 19.3 Å². The van der Waals surface area contributed by atoms with Crippen LogP contribution >= 0.6 is 0 Å². The molecule has 1 fully saturated rings. The van der Waals surface area contributed by atoms with E-state index in [2.05, 4.69) is 5.32 Å². The number of ether oxygens (including phenoxy) is 2. The van der Waals surface area contributed by atoms with E-state index in [0.717, 1.165) is 19.4 Å². The summed E-state index contributed by atoms with van der Waals surface area (Å²) >= 11 is 0. The Kier molecular flexibility index (Phi) is 4.35. The summed E-state index contributed by atoms with van der Waals surface area (Å²) in [5, 5.41) is 3.10. The van der Waals surface area contributed by atoms with E-state index in [4.69, 9.17) is 9.47 Å². The molecule has 1 aliphatic heterocycles. The first kappa shape index (κ1) is 11.5. The van der Waals surface area contributed by atoms with Gasteiger partial charge in [-0.25, -0.2) is 0 Å². The van der Waals surface area contributed by atoms with Crippen LogP contribution in [-0.2, 0) is 14.3 Å². The molecule has 82 valence electrons. The summed E-state index contributed by atoms with van der Waals surface area (Å²) < 4.78 is 10.4. The van der Waals surface area contributed by atoms with Crippen LogP contribution < -0.4 is 5.32 Å². The topological polar surface area (TPSA) is 47.6 Å². The van der Waals surface area contributed by atoms with E-state index < -0.39 is 0 Å². The van der Waals surface area contributed by atoms with Crippen molar-refractivity contribution in [3.8, 4) is 0 Å². The van der Waals surface area contributed by atoms with Gasteiger partial charge in [0.1, 0.15) is 6.04 Å². The lowest BCUT2D eigenvalue weighted by atomic mass is 10.1. The highest BCUT2D eigenvalue weighted by Crippen LogP contribution is 2.22. The lowest BCUT2D eigenvalue weighted by Crippen LogP contribution is -2.46. The Bertz CT molecular complexity index is 196. The maximum absolute atomic E-state index is 11.4. The normalized spacial score (nSPS) is 28.8. The Morgan fingerprint density at radius 3 is 2.79 bits per heavy atom. The van der Waals surface area contributed by atoms with Gasteiger partial charge in [0, 0.05) is 0 Å². The number of rotatable bonds is 4. The molecule has 14 heavy (non-hydrogen) atoms. The van der Waals surface area contributed by atoms with Crippen LogP contribution in [0.1, 0.15) is 26.7 Å². The van der Waals surface area contributed by atoms with Crippen LogP contribution in [0.15, 0.2) is 0 Å². The lowest BCUT2D eigenvalue weighted by Gasteiger charge is -2.21. The average Bonchev–Trinajstić information content (AvgIpc) is 2.60. The van der Waals surface area contributed by atoms with Crippen LogP contribution in [0.4, 0.5) is 0 Å². The fraction of sp³-hybridized carbons (Fsp3) is 0.900. The molecule has 0 saturated carbocycles. The van der Waals surface area contributed by atoms with Crippen LogP contribution in [0.5, 0.6) is 0 Å². The molecule has 1 saturated heterocycles. The Hall–Kier alpha value is -0.610. The molecule has 0 spiro atoms. The zero-order valence-electron chi connectivity index (χ0n) is 9.08. The fourth-order valence-electron chi connectivity index (χ4n) is 1.79. The third-order valence-corrected chi connectivity index (χ3v) is 2.52. The molecule has 1 N–H and O–H groups in total. The quantitative estimate of drug-likeness (QED) is 0.680. The van der Waals surface area contributed by atoms with Crippen LogP contribution in [0, 0.1) is 0 Å². The molecule has 0 aromatic carbocycles. The predicted molar refractivity (Wildman–Crippen MR) is 53.0 cm³/mol. The summed E-state index contributed by atoms with van der Waals surface area (Å²) in [7, 11) is 1.41. The van der Waals surface area contributed by atoms with Gasteiger partial charge >= 0.3 is 5.97 Å². The highest BCUT2D eigenvalue weighted by molar-refractivity contribution is 5.76. The Morgan fingerprint density at radius 2 is 2.36 bits per heavy atom. The number of carbonyl (C=O) groups excluding carboxylic acids is 1. The van der Waals surface area contributed by atoms with Crippen LogP contribution in [0.3, 0.4) is 0 Å². The van der Waals surface area contributed by atoms with Crippen molar-refractivity contribution in [3.05, 3.63) is 0 Å².